The number of hydrogen-bond acceptors (Lipinski definition) is 4. The predicted octanol–water partition coefficient (Wildman–Crippen LogP) is 2.78. The molecule has 152 valence electrons. The summed E-state index contributed by atoms with van der Waals surface area (Å²) in [6.45, 7) is 3.25. The molecule has 3 rings (SSSR count). The van der Waals surface area contributed by atoms with Gasteiger partial charge in [0.15, 0.2) is 12.4 Å². The summed E-state index contributed by atoms with van der Waals surface area (Å²) in [6, 6.07) is 12.3. The lowest BCUT2D eigenvalue weighted by atomic mass is 10.1. The molecule has 0 N–H and O–H groups in total. The van der Waals surface area contributed by atoms with Crippen molar-refractivity contribution in [2.45, 2.75) is 13.3 Å². The Bertz CT molecular complexity index is 890. The third kappa shape index (κ3) is 5.19. The van der Waals surface area contributed by atoms with E-state index in [2.05, 4.69) is 0 Å². The molecule has 1 aliphatic rings. The van der Waals surface area contributed by atoms with Crippen molar-refractivity contribution in [2.24, 2.45) is 0 Å². The van der Waals surface area contributed by atoms with Crippen molar-refractivity contribution >= 4 is 17.6 Å². The van der Waals surface area contributed by atoms with Crippen molar-refractivity contribution in [3.8, 4) is 5.75 Å². The summed E-state index contributed by atoms with van der Waals surface area (Å²) in [4.78, 5) is 39.7. The zero-order valence-electron chi connectivity index (χ0n) is 16.3. The number of ketones is 1. The summed E-state index contributed by atoms with van der Waals surface area (Å²) in [5, 5.41) is 0. The van der Waals surface area contributed by atoms with Crippen LogP contribution in [0.2, 0.25) is 0 Å². The Kier molecular flexibility index (Phi) is 6.59. The summed E-state index contributed by atoms with van der Waals surface area (Å²) in [5.41, 5.74) is 0.920. The Hall–Kier alpha value is -3.22. The number of benzene rings is 2. The van der Waals surface area contributed by atoms with E-state index in [0.717, 1.165) is 0 Å². The van der Waals surface area contributed by atoms with Gasteiger partial charge in [0, 0.05) is 43.7 Å². The van der Waals surface area contributed by atoms with E-state index in [1.54, 1.807) is 47.1 Å². The van der Waals surface area contributed by atoms with Crippen LogP contribution in [-0.2, 0) is 4.79 Å². The monoisotopic (exact) mass is 398 g/mol. The largest absolute Gasteiger partial charge is 0.484 e. The van der Waals surface area contributed by atoms with E-state index in [1.807, 2.05) is 0 Å². The number of ether oxygens (including phenoxy) is 1. The maximum absolute atomic E-state index is 13.3. The maximum atomic E-state index is 13.3. The van der Waals surface area contributed by atoms with Crippen LogP contribution in [0.1, 0.15) is 34.1 Å². The molecule has 0 aromatic heterocycles. The van der Waals surface area contributed by atoms with E-state index in [9.17, 15) is 18.8 Å². The fourth-order valence-corrected chi connectivity index (χ4v) is 3.14. The molecule has 0 unspecified atom stereocenters. The molecule has 29 heavy (non-hydrogen) atoms. The first kappa shape index (κ1) is 20.5. The van der Waals surface area contributed by atoms with Gasteiger partial charge in [0.05, 0.1) is 0 Å². The number of amides is 2. The van der Waals surface area contributed by atoms with Gasteiger partial charge in [0.25, 0.3) is 11.8 Å². The van der Waals surface area contributed by atoms with Crippen molar-refractivity contribution in [1.29, 1.82) is 0 Å². The Morgan fingerprint density at radius 2 is 1.59 bits per heavy atom. The number of rotatable bonds is 6. The number of piperazine rings is 1. The van der Waals surface area contributed by atoms with Gasteiger partial charge < -0.3 is 14.5 Å². The molecule has 2 aromatic rings. The van der Waals surface area contributed by atoms with Gasteiger partial charge in [-0.15, -0.1) is 0 Å². The molecule has 0 aliphatic carbocycles. The second-order valence-electron chi connectivity index (χ2n) is 6.77. The molecule has 0 spiro atoms. The molecule has 6 nitrogen and oxygen atoms in total. The third-order valence-corrected chi connectivity index (χ3v) is 4.85. The minimum atomic E-state index is -0.450. The highest BCUT2D eigenvalue weighted by molar-refractivity contribution is 5.96. The van der Waals surface area contributed by atoms with Crippen LogP contribution in [0, 0.1) is 5.82 Å². The summed E-state index contributed by atoms with van der Waals surface area (Å²) in [5.74, 6) is -0.288. The van der Waals surface area contributed by atoms with Crippen molar-refractivity contribution in [2.75, 3.05) is 32.8 Å². The summed E-state index contributed by atoms with van der Waals surface area (Å²) >= 11 is 0. The SMILES string of the molecule is CCC(=O)c1ccc(OCC(=O)N2CCN(C(=O)c3cccc(F)c3)CC2)cc1. The van der Waals surface area contributed by atoms with Crippen LogP contribution in [-0.4, -0.2) is 60.2 Å². The van der Waals surface area contributed by atoms with Gasteiger partial charge >= 0.3 is 0 Å². The quantitative estimate of drug-likeness (QED) is 0.702. The number of halogens is 1. The molecular formula is C22H23FN2O4. The van der Waals surface area contributed by atoms with Crippen LogP contribution < -0.4 is 4.74 Å². The zero-order valence-corrected chi connectivity index (χ0v) is 16.3. The Labute approximate surface area is 168 Å². The van der Waals surface area contributed by atoms with Gasteiger partial charge in [0.1, 0.15) is 11.6 Å². The van der Waals surface area contributed by atoms with E-state index in [-0.39, 0.29) is 24.2 Å². The highest BCUT2D eigenvalue weighted by Gasteiger charge is 2.25. The molecule has 7 heteroatoms. The lowest BCUT2D eigenvalue weighted by Gasteiger charge is -2.34. The van der Waals surface area contributed by atoms with E-state index in [0.29, 0.717) is 49.5 Å². The van der Waals surface area contributed by atoms with Crippen LogP contribution in [0.25, 0.3) is 0 Å². The summed E-state index contributed by atoms with van der Waals surface area (Å²) < 4.78 is 18.8. The van der Waals surface area contributed by atoms with Gasteiger partial charge in [0.2, 0.25) is 0 Å². The predicted molar refractivity (Wildman–Crippen MR) is 105 cm³/mol. The van der Waals surface area contributed by atoms with Gasteiger partial charge in [-0.3, -0.25) is 14.4 Å². The summed E-state index contributed by atoms with van der Waals surface area (Å²) in [7, 11) is 0. The standard InChI is InChI=1S/C22H23FN2O4/c1-2-20(26)16-6-8-19(9-7-16)29-15-21(27)24-10-12-25(13-11-24)22(28)17-4-3-5-18(23)14-17/h3-9,14H,2,10-13,15H2,1H3. The molecule has 0 radical (unpaired) electrons. The third-order valence-electron chi connectivity index (χ3n) is 4.85. The highest BCUT2D eigenvalue weighted by atomic mass is 19.1. The van der Waals surface area contributed by atoms with Crippen LogP contribution in [0.15, 0.2) is 48.5 Å². The van der Waals surface area contributed by atoms with Crippen LogP contribution in [0.5, 0.6) is 5.75 Å². The number of carbonyl (C=O) groups excluding carboxylic acids is 3. The van der Waals surface area contributed by atoms with Crippen molar-refractivity contribution in [1.82, 2.24) is 9.80 Å². The lowest BCUT2D eigenvalue weighted by Crippen LogP contribution is -2.51. The first-order chi connectivity index (χ1) is 14.0. The number of Topliss-reactive ketones (excluding diaryl/α,β-unsaturated/α-hetero) is 1. The molecule has 0 saturated carbocycles. The van der Waals surface area contributed by atoms with Crippen molar-refractivity contribution < 1.29 is 23.5 Å². The zero-order chi connectivity index (χ0) is 20.8. The normalized spacial score (nSPS) is 13.9. The average molecular weight is 398 g/mol. The van der Waals surface area contributed by atoms with Gasteiger partial charge in [-0.1, -0.05) is 13.0 Å². The fraction of sp³-hybridized carbons (Fsp3) is 0.318. The molecule has 0 atom stereocenters. The lowest BCUT2D eigenvalue weighted by molar-refractivity contribution is -0.134. The molecular weight excluding hydrogens is 375 g/mol. The molecule has 1 heterocycles. The van der Waals surface area contributed by atoms with E-state index < -0.39 is 5.82 Å². The van der Waals surface area contributed by atoms with E-state index >= 15 is 0 Å². The molecule has 1 saturated heterocycles. The first-order valence-corrected chi connectivity index (χ1v) is 9.56. The molecule has 0 bridgehead atoms. The molecule has 1 aliphatic heterocycles. The fourth-order valence-electron chi connectivity index (χ4n) is 3.14. The van der Waals surface area contributed by atoms with Gasteiger partial charge in [-0.2, -0.15) is 0 Å². The number of nitrogens with zero attached hydrogens (tertiary/aromatic N) is 2. The topological polar surface area (TPSA) is 66.9 Å². The molecule has 2 amide bonds. The Balaban J connectivity index is 1.47. The second kappa shape index (κ2) is 9.32. The van der Waals surface area contributed by atoms with Gasteiger partial charge in [-0.05, 0) is 42.5 Å². The smallest absolute Gasteiger partial charge is 0.260 e. The van der Waals surface area contributed by atoms with Crippen molar-refractivity contribution in [3.63, 3.8) is 0 Å². The average Bonchev–Trinajstić information content (AvgIpc) is 2.77. The van der Waals surface area contributed by atoms with Gasteiger partial charge in [-0.25, -0.2) is 4.39 Å². The highest BCUT2D eigenvalue weighted by Crippen LogP contribution is 2.14. The van der Waals surface area contributed by atoms with Crippen molar-refractivity contribution in [3.05, 3.63) is 65.5 Å². The minimum absolute atomic E-state index is 0.0540. The van der Waals surface area contributed by atoms with Crippen LogP contribution in [0.4, 0.5) is 4.39 Å². The number of hydrogen-bond donors (Lipinski definition) is 0. The Morgan fingerprint density at radius 1 is 0.931 bits per heavy atom. The number of carbonyl (C=O) groups is 3. The van der Waals surface area contributed by atoms with Crippen LogP contribution in [0.3, 0.4) is 0 Å². The minimum Gasteiger partial charge on any atom is -0.484 e. The molecule has 1 fully saturated rings. The Morgan fingerprint density at radius 3 is 2.21 bits per heavy atom. The van der Waals surface area contributed by atoms with Crippen LogP contribution >= 0.6 is 0 Å². The van der Waals surface area contributed by atoms with E-state index in [4.69, 9.17) is 4.74 Å². The molecule has 2 aromatic carbocycles. The van der Waals surface area contributed by atoms with E-state index in [1.165, 1.54) is 18.2 Å². The maximum Gasteiger partial charge on any atom is 0.260 e. The summed E-state index contributed by atoms with van der Waals surface area (Å²) in [6.07, 6.45) is 0.437. The second-order valence-corrected chi connectivity index (χ2v) is 6.77. The first-order valence-electron chi connectivity index (χ1n) is 9.56.